The zero-order valence-corrected chi connectivity index (χ0v) is 11.9. The van der Waals surface area contributed by atoms with E-state index in [1.807, 2.05) is 30.3 Å². The minimum Gasteiger partial charge on any atom is -0.481 e. The van der Waals surface area contributed by atoms with E-state index in [9.17, 15) is 9.59 Å². The van der Waals surface area contributed by atoms with Crippen LogP contribution in [-0.4, -0.2) is 59.5 Å². The molecule has 6 nitrogen and oxygen atoms in total. The molecule has 0 aliphatic carbocycles. The molecule has 1 aliphatic rings. The van der Waals surface area contributed by atoms with E-state index in [1.54, 1.807) is 4.90 Å². The molecule has 2 rings (SSSR count). The Morgan fingerprint density at radius 2 is 1.76 bits per heavy atom. The first-order chi connectivity index (χ1) is 10.1. The van der Waals surface area contributed by atoms with Gasteiger partial charge in [-0.3, -0.25) is 14.5 Å². The van der Waals surface area contributed by atoms with Crippen molar-refractivity contribution in [3.8, 4) is 0 Å². The summed E-state index contributed by atoms with van der Waals surface area (Å²) < 4.78 is 0. The van der Waals surface area contributed by atoms with E-state index in [4.69, 9.17) is 10.8 Å². The van der Waals surface area contributed by atoms with E-state index in [2.05, 4.69) is 4.90 Å². The molecule has 1 amide bonds. The molecule has 1 atom stereocenters. The lowest BCUT2D eigenvalue weighted by atomic mass is 10.1. The first-order valence-corrected chi connectivity index (χ1v) is 7.11. The molecule has 0 spiro atoms. The monoisotopic (exact) mass is 291 g/mol. The maximum atomic E-state index is 12.4. The van der Waals surface area contributed by atoms with E-state index < -0.39 is 12.0 Å². The van der Waals surface area contributed by atoms with Crippen LogP contribution in [-0.2, 0) is 9.59 Å². The second-order valence-electron chi connectivity index (χ2n) is 5.20. The van der Waals surface area contributed by atoms with Gasteiger partial charge in [-0.1, -0.05) is 30.3 Å². The van der Waals surface area contributed by atoms with Crippen LogP contribution in [0.15, 0.2) is 30.3 Å². The number of hydrogen-bond acceptors (Lipinski definition) is 4. The molecule has 3 N–H and O–H groups in total. The summed E-state index contributed by atoms with van der Waals surface area (Å²) >= 11 is 0. The largest absolute Gasteiger partial charge is 0.481 e. The minimum atomic E-state index is -0.792. The summed E-state index contributed by atoms with van der Waals surface area (Å²) in [6.45, 7) is 3.11. The summed E-state index contributed by atoms with van der Waals surface area (Å²) in [7, 11) is 0. The Kier molecular flexibility index (Phi) is 5.30. The fraction of sp³-hybridized carbons (Fsp3) is 0.467. The number of carboxylic acids is 1. The summed E-state index contributed by atoms with van der Waals surface area (Å²) in [6.07, 6.45) is 0.136. The topological polar surface area (TPSA) is 86.9 Å². The maximum absolute atomic E-state index is 12.4. The third-order valence-corrected chi connectivity index (χ3v) is 3.75. The maximum Gasteiger partial charge on any atom is 0.304 e. The Bertz CT molecular complexity index is 484. The lowest BCUT2D eigenvalue weighted by molar-refractivity contribution is -0.138. The molecule has 1 saturated heterocycles. The zero-order chi connectivity index (χ0) is 15.2. The molecule has 114 valence electrons. The average molecular weight is 291 g/mol. The summed E-state index contributed by atoms with van der Waals surface area (Å²) in [5, 5.41) is 8.68. The van der Waals surface area contributed by atoms with Crippen molar-refractivity contribution >= 4 is 11.9 Å². The van der Waals surface area contributed by atoms with Crippen molar-refractivity contribution in [3.63, 3.8) is 0 Å². The predicted octanol–water partition coefficient (Wildman–Crippen LogP) is 0.305. The van der Waals surface area contributed by atoms with E-state index in [0.29, 0.717) is 32.7 Å². The number of carbonyl (C=O) groups excluding carboxylic acids is 1. The van der Waals surface area contributed by atoms with Crippen molar-refractivity contribution < 1.29 is 14.7 Å². The van der Waals surface area contributed by atoms with Gasteiger partial charge in [0.2, 0.25) is 5.91 Å². The van der Waals surface area contributed by atoms with Crippen molar-refractivity contribution in [2.24, 2.45) is 5.73 Å². The molecule has 1 fully saturated rings. The number of nitrogens with two attached hydrogens (primary N) is 1. The molecule has 0 bridgehead atoms. The molecule has 0 aromatic heterocycles. The zero-order valence-electron chi connectivity index (χ0n) is 11.9. The summed E-state index contributed by atoms with van der Waals surface area (Å²) in [5.41, 5.74) is 6.84. The van der Waals surface area contributed by atoms with Crippen LogP contribution < -0.4 is 5.73 Å². The fourth-order valence-corrected chi connectivity index (χ4v) is 2.45. The van der Waals surface area contributed by atoms with Crippen LogP contribution in [0.5, 0.6) is 0 Å². The van der Waals surface area contributed by atoms with Crippen molar-refractivity contribution in [1.82, 2.24) is 9.80 Å². The Labute approximate surface area is 124 Å². The molecule has 21 heavy (non-hydrogen) atoms. The van der Waals surface area contributed by atoms with Gasteiger partial charge in [0.25, 0.3) is 0 Å². The summed E-state index contributed by atoms with van der Waals surface area (Å²) in [6, 6.07) is 8.70. The number of hydrogen-bond donors (Lipinski definition) is 2. The Hall–Kier alpha value is -1.92. The van der Waals surface area contributed by atoms with Crippen LogP contribution in [0.2, 0.25) is 0 Å². The Morgan fingerprint density at radius 1 is 1.14 bits per heavy atom. The first-order valence-electron chi connectivity index (χ1n) is 7.11. The number of benzene rings is 1. The SMILES string of the molecule is N[C@H](C(=O)N1CCN(CCC(=O)O)CC1)c1ccccc1. The van der Waals surface area contributed by atoms with Gasteiger partial charge in [-0.05, 0) is 5.56 Å². The molecule has 1 aromatic carbocycles. The van der Waals surface area contributed by atoms with Gasteiger partial charge < -0.3 is 15.7 Å². The van der Waals surface area contributed by atoms with Crippen molar-refractivity contribution in [1.29, 1.82) is 0 Å². The molecule has 0 radical (unpaired) electrons. The van der Waals surface area contributed by atoms with Gasteiger partial charge >= 0.3 is 5.97 Å². The predicted molar refractivity (Wildman–Crippen MR) is 78.6 cm³/mol. The van der Waals surface area contributed by atoms with Crippen LogP contribution in [0.1, 0.15) is 18.0 Å². The van der Waals surface area contributed by atoms with Gasteiger partial charge in [-0.2, -0.15) is 0 Å². The Morgan fingerprint density at radius 3 is 2.33 bits per heavy atom. The number of rotatable bonds is 5. The average Bonchev–Trinajstić information content (AvgIpc) is 2.53. The number of piperazine rings is 1. The van der Waals surface area contributed by atoms with Crippen LogP contribution in [0.4, 0.5) is 0 Å². The second kappa shape index (κ2) is 7.19. The number of carboxylic acid groups (broad SMARTS) is 1. The third-order valence-electron chi connectivity index (χ3n) is 3.75. The van der Waals surface area contributed by atoms with E-state index in [1.165, 1.54) is 0 Å². The lowest BCUT2D eigenvalue weighted by Gasteiger charge is -2.35. The summed E-state index contributed by atoms with van der Waals surface area (Å²) in [4.78, 5) is 26.7. The number of carbonyl (C=O) groups is 2. The second-order valence-corrected chi connectivity index (χ2v) is 5.20. The van der Waals surface area contributed by atoms with Gasteiger partial charge in [0, 0.05) is 32.7 Å². The normalized spacial score (nSPS) is 17.5. The molecule has 1 heterocycles. The molecule has 1 aliphatic heterocycles. The highest BCUT2D eigenvalue weighted by atomic mass is 16.4. The third kappa shape index (κ3) is 4.27. The Balaban J connectivity index is 1.84. The highest BCUT2D eigenvalue weighted by Gasteiger charge is 2.26. The van der Waals surface area contributed by atoms with Crippen molar-refractivity contribution in [2.75, 3.05) is 32.7 Å². The highest BCUT2D eigenvalue weighted by Crippen LogP contribution is 2.14. The number of nitrogens with zero attached hydrogens (tertiary/aromatic N) is 2. The number of aliphatic carboxylic acids is 1. The van der Waals surface area contributed by atoms with Gasteiger partial charge in [0.05, 0.1) is 6.42 Å². The molecular weight excluding hydrogens is 270 g/mol. The van der Waals surface area contributed by atoms with Crippen molar-refractivity contribution in [3.05, 3.63) is 35.9 Å². The minimum absolute atomic E-state index is 0.0703. The van der Waals surface area contributed by atoms with Crippen molar-refractivity contribution in [2.45, 2.75) is 12.5 Å². The molecule has 0 unspecified atom stereocenters. The van der Waals surface area contributed by atoms with Crippen LogP contribution in [0.3, 0.4) is 0 Å². The molecule has 1 aromatic rings. The van der Waals surface area contributed by atoms with Gasteiger partial charge in [-0.25, -0.2) is 0 Å². The van der Waals surface area contributed by atoms with E-state index in [-0.39, 0.29) is 12.3 Å². The first kappa shape index (κ1) is 15.5. The van der Waals surface area contributed by atoms with Gasteiger partial charge in [-0.15, -0.1) is 0 Å². The number of amides is 1. The quantitative estimate of drug-likeness (QED) is 0.815. The highest BCUT2D eigenvalue weighted by molar-refractivity contribution is 5.83. The van der Waals surface area contributed by atoms with Crippen LogP contribution >= 0.6 is 0 Å². The van der Waals surface area contributed by atoms with Crippen LogP contribution in [0, 0.1) is 0 Å². The fourth-order valence-electron chi connectivity index (χ4n) is 2.45. The summed E-state index contributed by atoms with van der Waals surface area (Å²) in [5.74, 6) is -0.862. The van der Waals surface area contributed by atoms with Gasteiger partial charge in [0.15, 0.2) is 0 Å². The van der Waals surface area contributed by atoms with E-state index in [0.717, 1.165) is 5.56 Å². The lowest BCUT2D eigenvalue weighted by Crippen LogP contribution is -2.51. The molecule has 6 heteroatoms. The van der Waals surface area contributed by atoms with Gasteiger partial charge in [0.1, 0.15) is 6.04 Å². The molecule has 0 saturated carbocycles. The molecular formula is C15H21N3O3. The van der Waals surface area contributed by atoms with Crippen LogP contribution in [0.25, 0.3) is 0 Å². The smallest absolute Gasteiger partial charge is 0.304 e. The van der Waals surface area contributed by atoms with E-state index >= 15 is 0 Å². The standard InChI is InChI=1S/C15H21N3O3/c16-14(12-4-2-1-3-5-12)15(21)18-10-8-17(9-11-18)7-6-13(19)20/h1-5,14H,6-11,16H2,(H,19,20)/t14-/m0/s1.